The van der Waals surface area contributed by atoms with E-state index >= 15 is 0 Å². The van der Waals surface area contributed by atoms with E-state index in [1.807, 2.05) is 30.3 Å². The molecule has 36 nitrogen and oxygen atoms in total. The minimum atomic E-state index is -0.928. The Bertz CT molecular complexity index is 2930. The summed E-state index contributed by atoms with van der Waals surface area (Å²) in [7, 11) is 0. The molecule has 2 aromatic heterocycles. The Morgan fingerprint density at radius 1 is 0.592 bits per heavy atom. The number of hydrogen-bond acceptors (Lipinski definition) is 24. The van der Waals surface area contributed by atoms with Crippen molar-refractivity contribution < 1.29 is 67.8 Å². The first-order chi connectivity index (χ1) is 36.6. The summed E-state index contributed by atoms with van der Waals surface area (Å²) in [6.45, 7) is -0.495. The lowest BCUT2D eigenvalue weighted by Crippen LogP contribution is -2.50. The predicted molar refractivity (Wildman–Crippen MR) is 242 cm³/mol. The van der Waals surface area contributed by atoms with Crippen molar-refractivity contribution >= 4 is 34.9 Å². The Morgan fingerprint density at radius 3 is 1.41 bits per heavy atom. The normalized spacial score (nSPS) is 16.8. The minimum Gasteiger partial charge on any atom is -0.569 e. The molecule has 2 amide bonds. The summed E-state index contributed by atoms with van der Waals surface area (Å²) in [6.07, 6.45) is -2.21. The molecule has 3 aromatic carbocycles. The molecule has 0 unspecified atom stereocenters. The van der Waals surface area contributed by atoms with E-state index in [9.17, 15) is 60.5 Å². The number of nitro benzene ring substituents is 4. The summed E-state index contributed by atoms with van der Waals surface area (Å²) >= 11 is 0. The van der Waals surface area contributed by atoms with Gasteiger partial charge in [-0.3, -0.25) is 50.1 Å². The summed E-state index contributed by atoms with van der Waals surface area (Å²) in [6, 6.07) is 14.4. The lowest BCUT2D eigenvalue weighted by atomic mass is 9.89. The summed E-state index contributed by atoms with van der Waals surface area (Å²) in [5.41, 5.74) is -1.65. The molecule has 0 radical (unpaired) electrons. The number of nitro groups is 4. The maximum absolute atomic E-state index is 13.5. The van der Waals surface area contributed by atoms with Crippen molar-refractivity contribution in [3.8, 4) is 22.9 Å². The lowest BCUT2D eigenvalue weighted by Gasteiger charge is -2.39. The largest absolute Gasteiger partial charge is 0.569 e. The van der Waals surface area contributed by atoms with Crippen LogP contribution in [-0.4, -0.2) is 157 Å². The summed E-state index contributed by atoms with van der Waals surface area (Å²) in [5, 5.41) is 97.1. The highest BCUT2D eigenvalue weighted by Gasteiger charge is 2.44. The maximum atomic E-state index is 13.5. The highest BCUT2D eigenvalue weighted by Crippen LogP contribution is 2.40. The van der Waals surface area contributed by atoms with Gasteiger partial charge in [0.15, 0.2) is 6.29 Å². The number of fused-ring (bicyclic) bond motifs is 3. The third-order valence-corrected chi connectivity index (χ3v) is 12.3. The second kappa shape index (κ2) is 21.6. The summed E-state index contributed by atoms with van der Waals surface area (Å²) in [5.74, 6) is -1.03. The number of ether oxygens (including phenoxy) is 4. The van der Waals surface area contributed by atoms with Crippen LogP contribution < -0.4 is 9.68 Å². The maximum Gasteiger partial charge on any atom is 0.410 e. The van der Waals surface area contributed by atoms with Crippen LogP contribution in [0.2, 0.25) is 0 Å². The number of piperazine rings is 2. The quantitative estimate of drug-likeness (QED) is 0.0628. The van der Waals surface area contributed by atoms with Gasteiger partial charge in [-0.25, -0.2) is 19.0 Å². The standard InChI is InChI=1S/C40H40N18O18/c59-38(47-10-14-49(15-11-47)57(69)45-75-33-8-6-27(53(61)62)18-31(33)55(65)66)71-20-29-35-36-30(42-44-52(36)23-40(22-51(35)43-41-29)24-73-37(74-25-40)26-4-2-1-3-5-26)21-72-39(60)48-12-16-50(17-13-48)58(70)46-76-34-9-7-28(54(63)64)19-32(34)56(67)68/h1-9,18-19,37H,10-17,20-25H2/b57-45-,58-46-. The summed E-state index contributed by atoms with van der Waals surface area (Å²) < 4.78 is 27.1. The first-order valence-corrected chi connectivity index (χ1v) is 22.6. The van der Waals surface area contributed by atoms with Gasteiger partial charge in [0.25, 0.3) is 11.4 Å². The molecule has 4 aliphatic heterocycles. The smallest absolute Gasteiger partial charge is 0.410 e. The highest BCUT2D eigenvalue weighted by atomic mass is 16.7. The molecular formula is C40H40N18O18. The Hall–Kier alpha value is -10.0. The molecule has 0 bridgehead atoms. The molecular weight excluding hydrogens is 1020 g/mol. The zero-order valence-corrected chi connectivity index (χ0v) is 39.2. The van der Waals surface area contributed by atoms with Crippen LogP contribution in [0.3, 0.4) is 0 Å². The van der Waals surface area contributed by atoms with Crippen molar-refractivity contribution in [3.05, 3.63) is 135 Å². The van der Waals surface area contributed by atoms with Crippen molar-refractivity contribution in [2.45, 2.75) is 32.6 Å². The average molecular weight is 1060 g/mol. The lowest BCUT2D eigenvalue weighted by molar-refractivity contribution is -0.708. The van der Waals surface area contributed by atoms with Gasteiger partial charge >= 0.3 is 23.6 Å². The number of carbonyl (C=O) groups is 2. The number of rotatable bonds is 15. The minimum absolute atomic E-state index is 0.0337. The van der Waals surface area contributed by atoms with Gasteiger partial charge in [-0.05, 0) is 12.1 Å². The van der Waals surface area contributed by atoms with Crippen LogP contribution in [0.15, 0.2) is 77.3 Å². The fourth-order valence-corrected chi connectivity index (χ4v) is 8.38. The zero-order chi connectivity index (χ0) is 53.7. The molecule has 3 saturated heterocycles. The van der Waals surface area contributed by atoms with Crippen molar-refractivity contribution in [2.75, 3.05) is 65.6 Å². The van der Waals surface area contributed by atoms with Crippen molar-refractivity contribution in [1.82, 2.24) is 49.8 Å². The van der Waals surface area contributed by atoms with Crippen LogP contribution in [0, 0.1) is 56.3 Å². The number of hydrogen-bond donors (Lipinski definition) is 0. The number of nitrogens with zero attached hydrogens (tertiary/aromatic N) is 18. The van der Waals surface area contributed by atoms with Gasteiger partial charge in [0.2, 0.25) is 22.1 Å². The fraction of sp³-hybridized carbons (Fsp3) is 0.400. The van der Waals surface area contributed by atoms with Gasteiger partial charge in [0.1, 0.15) is 36.0 Å². The second-order valence-electron chi connectivity index (χ2n) is 17.1. The van der Waals surface area contributed by atoms with E-state index in [2.05, 4.69) is 31.2 Å². The molecule has 9 rings (SSSR count). The molecule has 0 atom stereocenters. The fourth-order valence-electron chi connectivity index (χ4n) is 8.38. The first-order valence-electron chi connectivity index (χ1n) is 22.6. The van der Waals surface area contributed by atoms with Crippen molar-refractivity contribution in [3.63, 3.8) is 0 Å². The topological polar surface area (TPSA) is 413 Å². The number of carbonyl (C=O) groups excluding carboxylic acids is 2. The third-order valence-electron chi connectivity index (χ3n) is 12.3. The highest BCUT2D eigenvalue weighted by molar-refractivity contribution is 5.69. The molecule has 3 fully saturated rings. The predicted octanol–water partition coefficient (Wildman–Crippen LogP) is 3.17. The van der Waals surface area contributed by atoms with Gasteiger partial charge in [0.05, 0.1) is 99.7 Å². The van der Waals surface area contributed by atoms with E-state index < -0.39 is 91.0 Å². The third kappa shape index (κ3) is 11.0. The Labute approximate surface area is 423 Å². The molecule has 6 heterocycles. The van der Waals surface area contributed by atoms with Crippen LogP contribution in [0.25, 0.3) is 11.4 Å². The van der Waals surface area contributed by atoms with Gasteiger partial charge in [-0.15, -0.1) is 20.2 Å². The van der Waals surface area contributed by atoms with E-state index in [0.717, 1.165) is 39.8 Å². The van der Waals surface area contributed by atoms with Crippen molar-refractivity contribution in [2.24, 2.45) is 16.0 Å². The van der Waals surface area contributed by atoms with Crippen LogP contribution >= 0.6 is 0 Å². The molecule has 76 heavy (non-hydrogen) atoms. The Balaban J connectivity index is 0.848. The second-order valence-corrected chi connectivity index (χ2v) is 17.1. The molecule has 4 aliphatic rings. The number of benzene rings is 3. The first kappa shape index (κ1) is 50.9. The molecule has 1 spiro atoms. The number of hydrazine groups is 2. The zero-order valence-electron chi connectivity index (χ0n) is 39.2. The van der Waals surface area contributed by atoms with Gasteiger partial charge < -0.3 is 39.2 Å². The number of non-ortho nitro benzene ring substituents is 2. The monoisotopic (exact) mass is 1060 g/mol. The average Bonchev–Trinajstić information content (AvgIpc) is 4.06. The molecule has 36 heteroatoms. The van der Waals surface area contributed by atoms with Gasteiger partial charge in [0, 0.05) is 43.9 Å². The van der Waals surface area contributed by atoms with E-state index in [-0.39, 0.29) is 100.0 Å². The molecule has 5 aromatic rings. The molecule has 0 N–H and O–H groups in total. The van der Waals surface area contributed by atoms with Gasteiger partial charge in [-0.1, -0.05) is 40.8 Å². The van der Waals surface area contributed by atoms with Crippen molar-refractivity contribution in [1.29, 1.82) is 0 Å². The van der Waals surface area contributed by atoms with E-state index in [1.165, 1.54) is 9.80 Å². The number of aromatic nitrogens is 6. The Kier molecular flexibility index (Phi) is 14.5. The van der Waals surface area contributed by atoms with E-state index in [4.69, 9.17) is 28.6 Å². The molecule has 398 valence electrons. The summed E-state index contributed by atoms with van der Waals surface area (Å²) in [4.78, 5) is 81.1. The van der Waals surface area contributed by atoms with Crippen LogP contribution in [0.1, 0.15) is 23.2 Å². The van der Waals surface area contributed by atoms with E-state index in [1.54, 1.807) is 9.36 Å². The van der Waals surface area contributed by atoms with E-state index in [0.29, 0.717) is 23.5 Å². The van der Waals surface area contributed by atoms with Gasteiger partial charge in [-0.2, -0.15) is 0 Å². The number of amides is 2. The Morgan fingerprint density at radius 2 is 1.01 bits per heavy atom. The molecule has 0 aliphatic carbocycles. The SMILES string of the molecule is O=C(OCc1nnn2c1-c1c(COC(=O)N3CCN(/[N+]([O-])=N/Oc4ccc([N+](=O)[O-])cc4[N+](=O)[O-])CC3)nnn1CC1(COC(c3ccccc3)OC1)C2)N1CCN(/[N+]([O-])=N/Oc2ccc([N+](=O)[O-])cc2[N+](=O)[O-])CC1. The molecule has 0 saturated carbocycles. The van der Waals surface area contributed by atoms with Crippen LogP contribution in [0.5, 0.6) is 11.5 Å². The van der Waals surface area contributed by atoms with Crippen LogP contribution in [0.4, 0.5) is 32.3 Å². The van der Waals surface area contributed by atoms with Crippen LogP contribution in [-0.2, 0) is 45.3 Å².